The van der Waals surface area contributed by atoms with E-state index in [2.05, 4.69) is 10.6 Å². The van der Waals surface area contributed by atoms with Crippen LogP contribution in [0, 0.1) is 0 Å². The van der Waals surface area contributed by atoms with Gasteiger partial charge < -0.3 is 20.3 Å². The molecular formula is C22H23N3O4. The molecule has 0 atom stereocenters. The van der Waals surface area contributed by atoms with Crippen molar-refractivity contribution in [2.45, 2.75) is 25.7 Å². The fourth-order valence-electron chi connectivity index (χ4n) is 3.93. The van der Waals surface area contributed by atoms with Gasteiger partial charge in [-0.25, -0.2) is 0 Å². The number of hydrogen-bond donors (Lipinski definition) is 2. The highest BCUT2D eigenvalue weighted by Crippen LogP contribution is 2.38. The van der Waals surface area contributed by atoms with E-state index in [9.17, 15) is 14.4 Å². The van der Waals surface area contributed by atoms with Gasteiger partial charge in [0, 0.05) is 18.8 Å². The molecule has 0 saturated heterocycles. The highest BCUT2D eigenvalue weighted by Gasteiger charge is 2.32. The number of amides is 3. The molecule has 0 radical (unpaired) electrons. The Bertz CT molecular complexity index is 969. The molecule has 7 heteroatoms. The monoisotopic (exact) mass is 393 g/mol. The van der Waals surface area contributed by atoms with Crippen LogP contribution in [-0.4, -0.2) is 37.9 Å². The number of methoxy groups -OCH3 is 1. The van der Waals surface area contributed by atoms with Crippen molar-refractivity contribution in [2.24, 2.45) is 0 Å². The van der Waals surface area contributed by atoms with E-state index in [-0.39, 0.29) is 5.91 Å². The number of carbonyl (C=O) groups is 3. The van der Waals surface area contributed by atoms with Gasteiger partial charge in [0.1, 0.15) is 5.75 Å². The van der Waals surface area contributed by atoms with Gasteiger partial charge in [0.2, 0.25) is 5.91 Å². The smallest absolute Gasteiger partial charge is 0.313 e. The Hall–Kier alpha value is -3.35. The fourth-order valence-corrected chi connectivity index (χ4v) is 3.93. The van der Waals surface area contributed by atoms with Gasteiger partial charge in [0.05, 0.1) is 19.2 Å². The van der Waals surface area contributed by atoms with E-state index >= 15 is 0 Å². The van der Waals surface area contributed by atoms with Gasteiger partial charge in [-0.3, -0.25) is 14.4 Å². The summed E-state index contributed by atoms with van der Waals surface area (Å²) in [5, 5.41) is 5.31. The zero-order valence-corrected chi connectivity index (χ0v) is 16.3. The number of aryl methyl sites for hydroxylation is 1. The van der Waals surface area contributed by atoms with Crippen LogP contribution in [0.2, 0.25) is 0 Å². The van der Waals surface area contributed by atoms with E-state index in [0.717, 1.165) is 47.5 Å². The standard InChI is InChI=1S/C22H23N3O4/c1-29-18-6-4-14(5-7-18)8-9-23-21(27)22(28)24-17-11-15-3-2-10-25-19(26)13-16(12-17)20(15)25/h4-7,11-12H,2-3,8-10,13H2,1H3,(H,23,27)(H,24,28). The van der Waals surface area contributed by atoms with Crippen LogP contribution in [-0.2, 0) is 33.6 Å². The number of ether oxygens (including phenoxy) is 1. The highest BCUT2D eigenvalue weighted by molar-refractivity contribution is 6.39. The van der Waals surface area contributed by atoms with Gasteiger partial charge in [-0.1, -0.05) is 12.1 Å². The zero-order valence-electron chi connectivity index (χ0n) is 16.3. The van der Waals surface area contributed by atoms with Crippen molar-refractivity contribution in [3.8, 4) is 5.75 Å². The minimum atomic E-state index is -0.705. The Morgan fingerprint density at radius 2 is 1.86 bits per heavy atom. The van der Waals surface area contributed by atoms with E-state index < -0.39 is 11.8 Å². The molecule has 2 heterocycles. The lowest BCUT2D eigenvalue weighted by Crippen LogP contribution is -2.36. The molecule has 150 valence electrons. The molecule has 29 heavy (non-hydrogen) atoms. The van der Waals surface area contributed by atoms with Gasteiger partial charge in [0.15, 0.2) is 0 Å². The summed E-state index contributed by atoms with van der Waals surface area (Å²) in [6, 6.07) is 11.2. The summed E-state index contributed by atoms with van der Waals surface area (Å²) < 4.78 is 5.12. The Balaban J connectivity index is 1.34. The highest BCUT2D eigenvalue weighted by atomic mass is 16.5. The zero-order chi connectivity index (χ0) is 20.4. The number of rotatable bonds is 5. The van der Waals surface area contributed by atoms with Crippen LogP contribution < -0.4 is 20.3 Å². The molecule has 0 spiro atoms. The van der Waals surface area contributed by atoms with E-state index in [0.29, 0.717) is 25.1 Å². The topological polar surface area (TPSA) is 87.7 Å². The average Bonchev–Trinajstić information content (AvgIpc) is 3.05. The molecule has 0 saturated carbocycles. The van der Waals surface area contributed by atoms with Crippen molar-refractivity contribution in [2.75, 3.05) is 30.4 Å². The summed E-state index contributed by atoms with van der Waals surface area (Å²) in [7, 11) is 1.61. The number of carbonyl (C=O) groups excluding carboxylic acids is 3. The molecule has 2 aliphatic heterocycles. The van der Waals surface area contributed by atoms with E-state index in [1.54, 1.807) is 13.2 Å². The van der Waals surface area contributed by atoms with Crippen LogP contribution in [0.25, 0.3) is 0 Å². The maximum Gasteiger partial charge on any atom is 0.313 e. The van der Waals surface area contributed by atoms with E-state index in [1.807, 2.05) is 35.2 Å². The van der Waals surface area contributed by atoms with Gasteiger partial charge in [-0.05, 0) is 60.2 Å². The molecule has 0 aliphatic carbocycles. The predicted octanol–water partition coefficient (Wildman–Crippen LogP) is 1.83. The number of hydrogen-bond acceptors (Lipinski definition) is 4. The Morgan fingerprint density at radius 1 is 1.10 bits per heavy atom. The van der Waals surface area contributed by atoms with Crippen LogP contribution >= 0.6 is 0 Å². The van der Waals surface area contributed by atoms with Gasteiger partial charge in [-0.15, -0.1) is 0 Å². The summed E-state index contributed by atoms with van der Waals surface area (Å²) >= 11 is 0. The van der Waals surface area contributed by atoms with Crippen molar-refractivity contribution in [1.29, 1.82) is 0 Å². The second-order valence-corrected chi connectivity index (χ2v) is 7.28. The Kier molecular flexibility index (Phi) is 5.20. The van der Waals surface area contributed by atoms with Crippen LogP contribution in [0.1, 0.15) is 23.1 Å². The molecule has 2 aromatic rings. The lowest BCUT2D eigenvalue weighted by molar-refractivity contribution is -0.136. The number of nitrogens with zero attached hydrogens (tertiary/aromatic N) is 1. The molecule has 3 amide bonds. The minimum Gasteiger partial charge on any atom is -0.497 e. The maximum atomic E-state index is 12.3. The summed E-state index contributed by atoms with van der Waals surface area (Å²) in [6.45, 7) is 1.11. The third kappa shape index (κ3) is 3.94. The molecule has 0 fully saturated rings. The summed E-state index contributed by atoms with van der Waals surface area (Å²) in [4.78, 5) is 38.4. The third-order valence-electron chi connectivity index (χ3n) is 5.33. The van der Waals surface area contributed by atoms with Crippen molar-refractivity contribution in [1.82, 2.24) is 5.32 Å². The normalized spacial score (nSPS) is 14.4. The quantitative estimate of drug-likeness (QED) is 0.759. The molecule has 2 N–H and O–H groups in total. The number of anilines is 2. The average molecular weight is 393 g/mol. The second-order valence-electron chi connectivity index (χ2n) is 7.28. The van der Waals surface area contributed by atoms with Crippen LogP contribution in [0.5, 0.6) is 5.75 Å². The molecule has 4 rings (SSSR count). The first-order chi connectivity index (χ1) is 14.0. The lowest BCUT2D eigenvalue weighted by Gasteiger charge is -2.26. The second kappa shape index (κ2) is 7.95. The van der Waals surface area contributed by atoms with Gasteiger partial charge in [-0.2, -0.15) is 0 Å². The first-order valence-corrected chi connectivity index (χ1v) is 9.73. The first kappa shape index (κ1) is 19.0. The SMILES string of the molecule is COc1ccc(CCNC(=O)C(=O)Nc2cc3c4c(c2)CC(=O)N4CCC3)cc1. The molecule has 2 aromatic carbocycles. The van der Waals surface area contributed by atoms with Gasteiger partial charge >= 0.3 is 11.8 Å². The van der Waals surface area contributed by atoms with Crippen LogP contribution in [0.4, 0.5) is 11.4 Å². The number of benzene rings is 2. The van der Waals surface area contributed by atoms with E-state index in [1.165, 1.54) is 0 Å². The Morgan fingerprint density at radius 3 is 2.62 bits per heavy atom. The van der Waals surface area contributed by atoms with Crippen molar-refractivity contribution in [3.63, 3.8) is 0 Å². The molecule has 0 bridgehead atoms. The van der Waals surface area contributed by atoms with Crippen molar-refractivity contribution in [3.05, 3.63) is 53.1 Å². The third-order valence-corrected chi connectivity index (χ3v) is 5.33. The molecular weight excluding hydrogens is 370 g/mol. The fraction of sp³-hybridized carbons (Fsp3) is 0.318. The lowest BCUT2D eigenvalue weighted by atomic mass is 9.99. The summed E-state index contributed by atoms with van der Waals surface area (Å²) in [6.07, 6.45) is 2.73. The minimum absolute atomic E-state index is 0.0979. The van der Waals surface area contributed by atoms with E-state index in [4.69, 9.17) is 4.74 Å². The largest absolute Gasteiger partial charge is 0.497 e. The predicted molar refractivity (Wildman–Crippen MR) is 109 cm³/mol. The van der Waals surface area contributed by atoms with Crippen molar-refractivity contribution < 1.29 is 19.1 Å². The van der Waals surface area contributed by atoms with Crippen LogP contribution in [0.15, 0.2) is 36.4 Å². The van der Waals surface area contributed by atoms with Crippen LogP contribution in [0.3, 0.4) is 0 Å². The summed E-state index contributed by atoms with van der Waals surface area (Å²) in [5.41, 5.74) is 4.56. The van der Waals surface area contributed by atoms with Crippen molar-refractivity contribution >= 4 is 29.1 Å². The Labute approximate surface area is 169 Å². The molecule has 7 nitrogen and oxygen atoms in total. The maximum absolute atomic E-state index is 12.3. The molecule has 0 unspecified atom stereocenters. The van der Waals surface area contributed by atoms with Gasteiger partial charge in [0.25, 0.3) is 0 Å². The molecule has 0 aromatic heterocycles. The first-order valence-electron chi connectivity index (χ1n) is 9.73. The number of nitrogens with one attached hydrogen (secondary N) is 2. The summed E-state index contributed by atoms with van der Waals surface area (Å²) in [5.74, 6) is -0.509. The molecule has 2 aliphatic rings.